The van der Waals surface area contributed by atoms with Crippen LogP contribution in [0.25, 0.3) is 0 Å². The van der Waals surface area contributed by atoms with Crippen LogP contribution in [-0.2, 0) is 9.59 Å². The highest BCUT2D eigenvalue weighted by Gasteiger charge is 2.21. The predicted octanol–water partition coefficient (Wildman–Crippen LogP) is 2.14. The number of anilines is 2. The maximum absolute atomic E-state index is 11.9. The van der Waals surface area contributed by atoms with Gasteiger partial charge in [0.25, 0.3) is 0 Å². The summed E-state index contributed by atoms with van der Waals surface area (Å²) in [5.41, 5.74) is 1.47. The van der Waals surface area contributed by atoms with E-state index < -0.39 is 0 Å². The summed E-state index contributed by atoms with van der Waals surface area (Å²) in [5, 5.41) is 6.00. The van der Waals surface area contributed by atoms with Gasteiger partial charge in [-0.2, -0.15) is 0 Å². The molecule has 1 saturated heterocycles. The van der Waals surface area contributed by atoms with E-state index in [2.05, 4.69) is 10.6 Å². The van der Waals surface area contributed by atoms with Crippen molar-refractivity contribution < 1.29 is 9.59 Å². The number of nitrogens with zero attached hydrogens (tertiary/aromatic N) is 1. The number of nitrogens with one attached hydrogen (secondary N) is 2. The fraction of sp³-hybridized carbons (Fsp3) is 0.500. The molecule has 21 heavy (non-hydrogen) atoms. The predicted molar refractivity (Wildman–Crippen MR) is 84.4 cm³/mol. The van der Waals surface area contributed by atoms with Gasteiger partial charge in [0.1, 0.15) is 0 Å². The zero-order valence-electron chi connectivity index (χ0n) is 12.9. The molecule has 0 saturated carbocycles. The van der Waals surface area contributed by atoms with E-state index in [0.29, 0.717) is 12.1 Å². The maximum Gasteiger partial charge on any atom is 0.238 e. The number of amides is 2. The zero-order valence-corrected chi connectivity index (χ0v) is 12.9. The molecule has 1 aromatic rings. The molecule has 1 fully saturated rings. The molecule has 5 nitrogen and oxygen atoms in total. The Balaban J connectivity index is 1.98. The van der Waals surface area contributed by atoms with Gasteiger partial charge >= 0.3 is 0 Å². The van der Waals surface area contributed by atoms with Gasteiger partial charge in [0, 0.05) is 29.9 Å². The lowest BCUT2D eigenvalue weighted by Crippen LogP contribution is -2.41. The average Bonchev–Trinajstić information content (AvgIpc) is 2.82. The molecule has 1 aromatic carbocycles. The van der Waals surface area contributed by atoms with Gasteiger partial charge in [-0.15, -0.1) is 0 Å². The number of carbonyl (C=O) groups excluding carboxylic acids is 2. The number of benzene rings is 1. The standard InChI is InChI=1S/C16H23N3O2/c1-16(2,3)17-11-14(20)18-12-6-4-7-13(10-12)19-9-5-8-15(19)21/h4,6-7,10,17H,5,8-9,11H2,1-3H3,(H,18,20). The van der Waals surface area contributed by atoms with Gasteiger partial charge in [-0.3, -0.25) is 9.59 Å². The van der Waals surface area contributed by atoms with Gasteiger partial charge in [-0.05, 0) is 45.4 Å². The van der Waals surface area contributed by atoms with E-state index in [0.717, 1.165) is 18.7 Å². The minimum Gasteiger partial charge on any atom is -0.325 e. The lowest BCUT2D eigenvalue weighted by atomic mass is 10.1. The fourth-order valence-electron chi connectivity index (χ4n) is 2.22. The number of hydrogen-bond acceptors (Lipinski definition) is 3. The average molecular weight is 289 g/mol. The zero-order chi connectivity index (χ0) is 15.5. The maximum atomic E-state index is 11.9. The molecule has 2 rings (SSSR count). The first kappa shape index (κ1) is 15.5. The fourth-order valence-corrected chi connectivity index (χ4v) is 2.22. The molecule has 0 bridgehead atoms. The SMILES string of the molecule is CC(C)(C)NCC(=O)Nc1cccc(N2CCCC2=O)c1. The van der Waals surface area contributed by atoms with Crippen LogP contribution in [-0.4, -0.2) is 30.4 Å². The van der Waals surface area contributed by atoms with Crippen LogP contribution in [0.4, 0.5) is 11.4 Å². The molecular weight excluding hydrogens is 266 g/mol. The van der Waals surface area contributed by atoms with E-state index in [-0.39, 0.29) is 23.9 Å². The van der Waals surface area contributed by atoms with Gasteiger partial charge in [-0.25, -0.2) is 0 Å². The van der Waals surface area contributed by atoms with Crippen LogP contribution in [0, 0.1) is 0 Å². The van der Waals surface area contributed by atoms with Crippen molar-refractivity contribution in [2.75, 3.05) is 23.3 Å². The van der Waals surface area contributed by atoms with Crippen molar-refractivity contribution in [2.24, 2.45) is 0 Å². The van der Waals surface area contributed by atoms with E-state index in [9.17, 15) is 9.59 Å². The van der Waals surface area contributed by atoms with Gasteiger partial charge < -0.3 is 15.5 Å². The molecule has 1 aliphatic heterocycles. The van der Waals surface area contributed by atoms with Gasteiger partial charge in [0.2, 0.25) is 11.8 Å². The molecule has 114 valence electrons. The molecule has 0 spiro atoms. The third kappa shape index (κ3) is 4.56. The molecule has 0 radical (unpaired) electrons. The van der Waals surface area contributed by atoms with E-state index in [1.807, 2.05) is 45.0 Å². The minimum absolute atomic E-state index is 0.0881. The van der Waals surface area contributed by atoms with Crippen LogP contribution in [0.3, 0.4) is 0 Å². The van der Waals surface area contributed by atoms with Crippen LogP contribution in [0.1, 0.15) is 33.6 Å². The first-order chi connectivity index (χ1) is 9.85. The molecule has 0 unspecified atom stereocenters. The van der Waals surface area contributed by atoms with E-state index in [1.165, 1.54) is 0 Å². The Morgan fingerprint density at radius 2 is 2.10 bits per heavy atom. The minimum atomic E-state index is -0.0961. The summed E-state index contributed by atoms with van der Waals surface area (Å²) in [7, 11) is 0. The highest BCUT2D eigenvalue weighted by atomic mass is 16.2. The molecular formula is C16H23N3O2. The van der Waals surface area contributed by atoms with Crippen LogP contribution < -0.4 is 15.5 Å². The molecule has 0 atom stereocenters. The second kappa shape index (κ2) is 6.26. The Morgan fingerprint density at radius 1 is 1.33 bits per heavy atom. The number of hydrogen-bond donors (Lipinski definition) is 2. The lowest BCUT2D eigenvalue weighted by Gasteiger charge is -2.20. The first-order valence-corrected chi connectivity index (χ1v) is 7.30. The normalized spacial score (nSPS) is 15.4. The summed E-state index contributed by atoms with van der Waals surface area (Å²) in [5.74, 6) is 0.0581. The Labute approximate surface area is 125 Å². The highest BCUT2D eigenvalue weighted by Crippen LogP contribution is 2.24. The van der Waals surface area contributed by atoms with Crippen LogP contribution >= 0.6 is 0 Å². The van der Waals surface area contributed by atoms with Crippen molar-refractivity contribution in [1.29, 1.82) is 0 Å². The van der Waals surface area contributed by atoms with E-state index in [4.69, 9.17) is 0 Å². The monoisotopic (exact) mass is 289 g/mol. The Bertz CT molecular complexity index is 535. The summed E-state index contributed by atoms with van der Waals surface area (Å²) in [6.07, 6.45) is 1.50. The van der Waals surface area contributed by atoms with Gasteiger partial charge in [-0.1, -0.05) is 6.07 Å². The molecule has 0 aromatic heterocycles. The van der Waals surface area contributed by atoms with Crippen molar-refractivity contribution in [3.63, 3.8) is 0 Å². The third-order valence-electron chi connectivity index (χ3n) is 3.29. The van der Waals surface area contributed by atoms with Crippen molar-refractivity contribution in [3.05, 3.63) is 24.3 Å². The third-order valence-corrected chi connectivity index (χ3v) is 3.29. The van der Waals surface area contributed by atoms with Gasteiger partial charge in [0.05, 0.1) is 6.54 Å². The lowest BCUT2D eigenvalue weighted by molar-refractivity contribution is -0.117. The quantitative estimate of drug-likeness (QED) is 0.892. The Kier molecular flexibility index (Phi) is 4.63. The molecule has 0 aliphatic carbocycles. The molecule has 2 N–H and O–H groups in total. The van der Waals surface area contributed by atoms with Crippen LogP contribution in [0.15, 0.2) is 24.3 Å². The second-order valence-electron chi connectivity index (χ2n) is 6.35. The smallest absolute Gasteiger partial charge is 0.238 e. The molecule has 2 amide bonds. The van der Waals surface area contributed by atoms with E-state index in [1.54, 1.807) is 4.90 Å². The van der Waals surface area contributed by atoms with Crippen molar-refractivity contribution in [2.45, 2.75) is 39.2 Å². The second-order valence-corrected chi connectivity index (χ2v) is 6.35. The van der Waals surface area contributed by atoms with Gasteiger partial charge in [0.15, 0.2) is 0 Å². The van der Waals surface area contributed by atoms with Crippen LogP contribution in [0.2, 0.25) is 0 Å². The van der Waals surface area contributed by atoms with Crippen molar-refractivity contribution >= 4 is 23.2 Å². The highest BCUT2D eigenvalue weighted by molar-refractivity contribution is 5.97. The van der Waals surface area contributed by atoms with Crippen LogP contribution in [0.5, 0.6) is 0 Å². The molecule has 1 heterocycles. The first-order valence-electron chi connectivity index (χ1n) is 7.30. The number of rotatable bonds is 4. The Morgan fingerprint density at radius 3 is 2.71 bits per heavy atom. The molecule has 5 heteroatoms. The topological polar surface area (TPSA) is 61.4 Å². The van der Waals surface area contributed by atoms with Crippen molar-refractivity contribution in [1.82, 2.24) is 5.32 Å². The number of carbonyl (C=O) groups is 2. The summed E-state index contributed by atoms with van der Waals surface area (Å²) < 4.78 is 0. The molecule has 1 aliphatic rings. The summed E-state index contributed by atoms with van der Waals surface area (Å²) >= 11 is 0. The largest absolute Gasteiger partial charge is 0.325 e. The van der Waals surface area contributed by atoms with E-state index >= 15 is 0 Å². The summed E-state index contributed by atoms with van der Waals surface area (Å²) in [6, 6.07) is 7.43. The van der Waals surface area contributed by atoms with Crippen molar-refractivity contribution in [3.8, 4) is 0 Å². The Hall–Kier alpha value is -1.88. The summed E-state index contributed by atoms with van der Waals surface area (Å²) in [6.45, 7) is 7.05. The summed E-state index contributed by atoms with van der Waals surface area (Å²) in [4.78, 5) is 25.4.